The summed E-state index contributed by atoms with van der Waals surface area (Å²) in [4.78, 5) is 12.0. The molecule has 1 aliphatic rings. The molecule has 2 N–H and O–H groups in total. The highest BCUT2D eigenvalue weighted by Gasteiger charge is 2.22. The lowest BCUT2D eigenvalue weighted by Gasteiger charge is -2.24. The lowest BCUT2D eigenvalue weighted by Crippen LogP contribution is -2.27. The molecule has 1 amide bonds. The van der Waals surface area contributed by atoms with Crippen LogP contribution in [0.1, 0.15) is 23.1 Å². The molecule has 3 rings (SSSR count). The van der Waals surface area contributed by atoms with Crippen LogP contribution in [0.4, 0.5) is 4.79 Å². The van der Waals surface area contributed by atoms with E-state index >= 15 is 0 Å². The van der Waals surface area contributed by atoms with E-state index in [4.69, 9.17) is 4.74 Å². The van der Waals surface area contributed by atoms with E-state index < -0.39 is 6.09 Å². The van der Waals surface area contributed by atoms with Crippen LogP contribution in [0.3, 0.4) is 0 Å². The third kappa shape index (κ3) is 3.90. The molecule has 120 valence electrons. The summed E-state index contributed by atoms with van der Waals surface area (Å²) in [5.41, 5.74) is 3.29. The molecule has 4 nitrogen and oxygen atoms in total. The number of fused-ring (bicyclic) bond motifs is 1. The van der Waals surface area contributed by atoms with E-state index in [2.05, 4.69) is 11.4 Å². The first kappa shape index (κ1) is 15.6. The summed E-state index contributed by atoms with van der Waals surface area (Å²) in [5.74, 6) is 0.853. The number of rotatable bonds is 4. The highest BCUT2D eigenvalue weighted by atomic mass is 16.6. The molecule has 0 radical (unpaired) electrons. The van der Waals surface area contributed by atoms with Gasteiger partial charge in [0, 0.05) is 13.2 Å². The predicted molar refractivity (Wildman–Crippen MR) is 88.3 cm³/mol. The number of carbonyl (C=O) groups is 1. The number of aliphatic hydroxyl groups excluding tert-OH is 1. The van der Waals surface area contributed by atoms with Crippen LogP contribution < -0.4 is 10.1 Å². The summed E-state index contributed by atoms with van der Waals surface area (Å²) in [7, 11) is 0. The molecule has 0 bridgehead atoms. The minimum Gasteiger partial charge on any atom is -0.410 e. The summed E-state index contributed by atoms with van der Waals surface area (Å²) < 4.78 is 5.50. The average Bonchev–Trinajstić information content (AvgIpc) is 2.61. The highest BCUT2D eigenvalue weighted by Crippen LogP contribution is 2.32. The second-order valence-corrected chi connectivity index (χ2v) is 5.91. The predicted octanol–water partition coefficient (Wildman–Crippen LogP) is 3.07. The van der Waals surface area contributed by atoms with Gasteiger partial charge in [-0.1, -0.05) is 42.5 Å². The Hall–Kier alpha value is -2.33. The van der Waals surface area contributed by atoms with Gasteiger partial charge in [0.25, 0.3) is 0 Å². The number of aliphatic hydroxyl groups is 1. The van der Waals surface area contributed by atoms with E-state index in [0.717, 1.165) is 30.4 Å². The number of hydrogen-bond acceptors (Lipinski definition) is 3. The van der Waals surface area contributed by atoms with Crippen molar-refractivity contribution >= 4 is 6.09 Å². The highest BCUT2D eigenvalue weighted by molar-refractivity contribution is 5.71. The SMILES string of the molecule is O=C(NCc1ccccc1)Oc1cccc2c1CC(CO)CC2. The monoisotopic (exact) mass is 311 g/mol. The fourth-order valence-electron chi connectivity index (χ4n) is 2.98. The number of amides is 1. The Bertz CT molecular complexity index is 670. The maximum atomic E-state index is 12.0. The third-order valence-electron chi connectivity index (χ3n) is 4.29. The van der Waals surface area contributed by atoms with Crippen LogP contribution >= 0.6 is 0 Å². The van der Waals surface area contributed by atoms with Crippen molar-refractivity contribution in [1.82, 2.24) is 5.32 Å². The Labute approximate surface area is 136 Å². The van der Waals surface area contributed by atoms with Gasteiger partial charge < -0.3 is 15.2 Å². The molecular weight excluding hydrogens is 290 g/mol. The summed E-state index contributed by atoms with van der Waals surface area (Å²) in [6, 6.07) is 15.5. The van der Waals surface area contributed by atoms with Crippen molar-refractivity contribution in [3.05, 3.63) is 65.2 Å². The fraction of sp³-hybridized carbons (Fsp3) is 0.316. The van der Waals surface area contributed by atoms with Crippen LogP contribution in [0.2, 0.25) is 0 Å². The second-order valence-electron chi connectivity index (χ2n) is 5.91. The number of carbonyl (C=O) groups excluding carboxylic acids is 1. The molecule has 0 fully saturated rings. The molecule has 1 atom stereocenters. The smallest absolute Gasteiger partial charge is 0.410 e. The van der Waals surface area contributed by atoms with E-state index in [-0.39, 0.29) is 12.5 Å². The molecular formula is C19H21NO3. The summed E-state index contributed by atoms with van der Waals surface area (Å²) in [6.45, 7) is 0.613. The summed E-state index contributed by atoms with van der Waals surface area (Å²) in [5, 5.41) is 12.1. The maximum absolute atomic E-state index is 12.0. The third-order valence-corrected chi connectivity index (χ3v) is 4.29. The van der Waals surface area contributed by atoms with Gasteiger partial charge in [-0.3, -0.25) is 0 Å². The van der Waals surface area contributed by atoms with Gasteiger partial charge in [0.2, 0.25) is 0 Å². The second kappa shape index (κ2) is 7.29. The topological polar surface area (TPSA) is 58.6 Å². The van der Waals surface area contributed by atoms with Crippen molar-refractivity contribution in [2.24, 2.45) is 5.92 Å². The minimum absolute atomic E-state index is 0.175. The van der Waals surface area contributed by atoms with Crippen molar-refractivity contribution in [2.75, 3.05) is 6.61 Å². The lowest BCUT2D eigenvalue weighted by molar-refractivity contribution is 0.196. The van der Waals surface area contributed by atoms with Crippen molar-refractivity contribution in [2.45, 2.75) is 25.8 Å². The minimum atomic E-state index is -0.451. The van der Waals surface area contributed by atoms with Crippen molar-refractivity contribution in [1.29, 1.82) is 0 Å². The normalized spacial score (nSPS) is 16.5. The van der Waals surface area contributed by atoms with E-state index in [1.807, 2.05) is 42.5 Å². The van der Waals surface area contributed by atoms with E-state index in [9.17, 15) is 9.90 Å². The van der Waals surface area contributed by atoms with Crippen LogP contribution in [-0.4, -0.2) is 17.8 Å². The summed E-state index contributed by atoms with van der Waals surface area (Å²) in [6.07, 6.45) is 2.21. The van der Waals surface area contributed by atoms with Gasteiger partial charge in [-0.05, 0) is 47.9 Å². The Balaban J connectivity index is 1.65. The largest absolute Gasteiger partial charge is 0.412 e. The zero-order chi connectivity index (χ0) is 16.1. The molecule has 1 aliphatic carbocycles. The molecule has 0 aliphatic heterocycles. The lowest BCUT2D eigenvalue weighted by atomic mass is 9.84. The fourth-order valence-corrected chi connectivity index (χ4v) is 2.98. The van der Waals surface area contributed by atoms with Crippen molar-refractivity contribution in [3.8, 4) is 5.75 Å². The number of aryl methyl sites for hydroxylation is 1. The van der Waals surface area contributed by atoms with E-state index in [1.54, 1.807) is 0 Å². The first-order chi connectivity index (χ1) is 11.3. The molecule has 4 heteroatoms. The van der Waals surface area contributed by atoms with Crippen LogP contribution in [0, 0.1) is 5.92 Å². The molecule has 0 aromatic heterocycles. The van der Waals surface area contributed by atoms with Crippen LogP contribution in [0.25, 0.3) is 0 Å². The molecule has 0 saturated carbocycles. The van der Waals surface area contributed by atoms with Gasteiger partial charge in [0.15, 0.2) is 0 Å². The van der Waals surface area contributed by atoms with Gasteiger partial charge in [0.1, 0.15) is 5.75 Å². The van der Waals surface area contributed by atoms with Gasteiger partial charge in [-0.15, -0.1) is 0 Å². The van der Waals surface area contributed by atoms with Crippen molar-refractivity contribution in [3.63, 3.8) is 0 Å². The molecule has 0 saturated heterocycles. The number of ether oxygens (including phenoxy) is 1. The zero-order valence-corrected chi connectivity index (χ0v) is 13.0. The Morgan fingerprint density at radius 1 is 1.17 bits per heavy atom. The first-order valence-electron chi connectivity index (χ1n) is 7.97. The molecule has 0 heterocycles. The maximum Gasteiger partial charge on any atom is 0.412 e. The molecule has 1 unspecified atom stereocenters. The van der Waals surface area contributed by atoms with Gasteiger partial charge in [-0.2, -0.15) is 0 Å². The van der Waals surface area contributed by atoms with Crippen LogP contribution in [-0.2, 0) is 19.4 Å². The average molecular weight is 311 g/mol. The molecule has 2 aromatic rings. The number of benzene rings is 2. The first-order valence-corrected chi connectivity index (χ1v) is 7.97. The molecule has 2 aromatic carbocycles. The summed E-state index contributed by atoms with van der Waals surface area (Å²) >= 11 is 0. The quantitative estimate of drug-likeness (QED) is 0.912. The van der Waals surface area contributed by atoms with Crippen LogP contribution in [0.15, 0.2) is 48.5 Å². The molecule has 0 spiro atoms. The number of hydrogen-bond donors (Lipinski definition) is 2. The van der Waals surface area contributed by atoms with Gasteiger partial charge in [-0.25, -0.2) is 4.79 Å². The Morgan fingerprint density at radius 2 is 2.00 bits per heavy atom. The van der Waals surface area contributed by atoms with Crippen LogP contribution in [0.5, 0.6) is 5.75 Å². The van der Waals surface area contributed by atoms with E-state index in [0.29, 0.717) is 12.3 Å². The Morgan fingerprint density at radius 3 is 2.78 bits per heavy atom. The van der Waals surface area contributed by atoms with E-state index in [1.165, 1.54) is 5.56 Å². The van der Waals surface area contributed by atoms with Gasteiger partial charge in [0.05, 0.1) is 0 Å². The Kier molecular flexibility index (Phi) is 4.93. The zero-order valence-electron chi connectivity index (χ0n) is 13.0. The number of nitrogens with one attached hydrogen (secondary N) is 1. The standard InChI is InChI=1S/C19H21NO3/c21-13-15-9-10-16-7-4-8-18(17(16)11-15)23-19(22)20-12-14-5-2-1-3-6-14/h1-8,15,21H,9-13H2,(H,20,22). The molecule has 23 heavy (non-hydrogen) atoms. The van der Waals surface area contributed by atoms with Gasteiger partial charge >= 0.3 is 6.09 Å². The van der Waals surface area contributed by atoms with Crippen molar-refractivity contribution < 1.29 is 14.6 Å².